The Labute approximate surface area is 428 Å². The SMILES string of the molecule is C=C(CCSCC1O[C@H]2OC3C(CO)O[C@@H](OCCCCC1C(O)C2O)C(O)C3O)NCN(CNC(=C)CCSCC1O[C@H]2OC3C(CO)O[C@@H](OCCCCC1C(O)C2O)C(O)C3O)C(=O)CCC(C)=O. The molecule has 23 nitrogen and oxygen atoms in total. The van der Waals surface area contributed by atoms with Gasteiger partial charge in [0.2, 0.25) is 5.91 Å². The molecule has 0 aromatic heterocycles. The molecule has 12 rings (SSSR count). The molecular weight excluding hydrogens is 991 g/mol. The third kappa shape index (κ3) is 15.9. The lowest BCUT2D eigenvalue weighted by atomic mass is 9.85. The highest BCUT2D eigenvalue weighted by atomic mass is 32.2. The Morgan fingerprint density at radius 3 is 1.33 bits per heavy atom. The van der Waals surface area contributed by atoms with E-state index in [1.54, 1.807) is 0 Å². The van der Waals surface area contributed by atoms with Crippen LogP contribution in [0.3, 0.4) is 0 Å². The van der Waals surface area contributed by atoms with E-state index in [0.717, 1.165) is 0 Å². The zero-order chi connectivity index (χ0) is 52.1. The van der Waals surface area contributed by atoms with Crippen molar-refractivity contribution in [2.45, 2.75) is 182 Å². The topological polar surface area (TPSA) is 338 Å². The van der Waals surface area contributed by atoms with E-state index in [1.165, 1.54) is 35.3 Å². The van der Waals surface area contributed by atoms with Crippen LogP contribution in [0.5, 0.6) is 0 Å². The van der Waals surface area contributed by atoms with Gasteiger partial charge in [-0.1, -0.05) is 26.0 Å². The van der Waals surface area contributed by atoms with Crippen LogP contribution >= 0.6 is 23.5 Å². The smallest absolute Gasteiger partial charge is 0.225 e. The molecule has 12 fully saturated rings. The largest absolute Gasteiger partial charge is 0.394 e. The molecule has 20 atom stereocenters. The van der Waals surface area contributed by atoms with E-state index in [1.807, 2.05) is 0 Å². The minimum Gasteiger partial charge on any atom is -0.394 e. The van der Waals surface area contributed by atoms with Crippen LogP contribution in [-0.4, -0.2) is 241 Å². The Bertz CT molecular complexity index is 1610. The van der Waals surface area contributed by atoms with E-state index >= 15 is 0 Å². The summed E-state index contributed by atoms with van der Waals surface area (Å²) >= 11 is 3.05. The molecule has 414 valence electrons. The van der Waals surface area contributed by atoms with Crippen molar-refractivity contribution in [3.63, 3.8) is 0 Å². The first-order valence-corrected chi connectivity index (χ1v) is 27.4. The third-order valence-corrected chi connectivity index (χ3v) is 16.2. The van der Waals surface area contributed by atoms with Gasteiger partial charge in [-0.05, 0) is 57.0 Å². The zero-order valence-corrected chi connectivity index (χ0v) is 42.6. The number of nitrogens with one attached hydrogen (secondary N) is 2. The molecule has 25 heteroatoms. The monoisotopic (exact) mass is 1070 g/mol. The Morgan fingerprint density at radius 2 is 0.931 bits per heavy atom. The van der Waals surface area contributed by atoms with Gasteiger partial charge in [0, 0.05) is 60.8 Å². The number of Topliss-reactive ketones (excluding diaryl/α,β-unsaturated/α-hetero) is 1. The van der Waals surface area contributed by atoms with Gasteiger partial charge < -0.3 is 109 Å². The number of hydrogen-bond donors (Lipinski definition) is 12. The number of carbonyl (C=O) groups excluding carboxylic acids is 2. The second-order valence-electron chi connectivity index (χ2n) is 19.4. The fraction of sp³-hybridized carbons (Fsp3) is 0.872. The Morgan fingerprint density at radius 1 is 0.528 bits per heavy atom. The van der Waals surface area contributed by atoms with Crippen LogP contribution in [0.25, 0.3) is 0 Å². The minimum absolute atomic E-state index is 0.00793. The highest BCUT2D eigenvalue weighted by Gasteiger charge is 2.53. The number of ketones is 1. The molecule has 0 aliphatic carbocycles. The molecule has 72 heavy (non-hydrogen) atoms. The van der Waals surface area contributed by atoms with Gasteiger partial charge in [-0.25, -0.2) is 0 Å². The van der Waals surface area contributed by atoms with Crippen LogP contribution in [0.4, 0.5) is 0 Å². The quantitative estimate of drug-likeness (QED) is 0.0426. The number of aliphatic hydroxyl groups is 10. The molecule has 12 aliphatic rings. The summed E-state index contributed by atoms with van der Waals surface area (Å²) in [6.07, 6.45) is -18.1. The van der Waals surface area contributed by atoms with Crippen LogP contribution < -0.4 is 10.6 Å². The molecule has 12 saturated heterocycles. The third-order valence-electron chi connectivity index (χ3n) is 14.1. The zero-order valence-electron chi connectivity index (χ0n) is 40.9. The van der Waals surface area contributed by atoms with E-state index in [9.17, 15) is 60.7 Å². The number of thioether (sulfide) groups is 2. The molecule has 12 heterocycles. The summed E-state index contributed by atoms with van der Waals surface area (Å²) in [7, 11) is 0. The van der Waals surface area contributed by atoms with Crippen molar-refractivity contribution >= 4 is 35.2 Å². The van der Waals surface area contributed by atoms with Crippen molar-refractivity contribution < 1.29 is 98.5 Å². The molecular formula is C47H79N3O20S2. The number of rotatable bonds is 21. The Balaban J connectivity index is 0.962. The number of carbonyl (C=O) groups is 2. The van der Waals surface area contributed by atoms with Crippen molar-refractivity contribution in [2.75, 3.05) is 62.8 Å². The maximum atomic E-state index is 13.3. The lowest BCUT2D eigenvalue weighted by Crippen LogP contribution is -2.63. The molecule has 16 unspecified atom stereocenters. The highest BCUT2D eigenvalue weighted by molar-refractivity contribution is 7.99. The number of hydrogen-bond acceptors (Lipinski definition) is 24. The molecule has 12 aliphatic heterocycles. The summed E-state index contributed by atoms with van der Waals surface area (Å²) in [4.78, 5) is 26.7. The van der Waals surface area contributed by atoms with E-state index in [-0.39, 0.29) is 51.1 Å². The number of amides is 1. The van der Waals surface area contributed by atoms with Crippen LogP contribution in [0.1, 0.15) is 71.1 Å². The molecule has 8 bridgehead atoms. The van der Waals surface area contributed by atoms with Gasteiger partial charge in [-0.15, -0.1) is 0 Å². The molecule has 0 aromatic carbocycles. The van der Waals surface area contributed by atoms with Gasteiger partial charge in [0.25, 0.3) is 0 Å². The second-order valence-corrected chi connectivity index (χ2v) is 21.7. The summed E-state index contributed by atoms with van der Waals surface area (Å²) in [6.45, 7) is 9.13. The van der Waals surface area contributed by atoms with Crippen molar-refractivity contribution in [1.29, 1.82) is 0 Å². The summed E-state index contributed by atoms with van der Waals surface area (Å²) < 4.78 is 47.1. The van der Waals surface area contributed by atoms with Crippen LogP contribution in [0, 0.1) is 11.8 Å². The standard InChI is InChI=1S/C47H79N3O20S2/c1-24(12-16-71-20-31-27-8-4-6-14-63-44-40(61)36(57)42(29(18-51)65-44)69-46(67-31)38(59)34(27)55)48-22-50(33(54)11-10-26(3)53)23-49-25(2)13-17-72-21-32-28-9-5-7-15-64-45-41(62)37(58)43(30(19-52)66-45)70-47(68-32)39(60)35(28)56/h27-32,34-49,51-52,55-62H,1-2,4-23H2,3H3/t27?,28?,29?,30?,31?,32?,34?,35?,36?,37?,38?,39?,40?,41?,42?,43?,44-,45-,46+,47+/m1/s1. The Kier molecular flexibility index (Phi) is 24.0. The molecule has 12 N–H and O–H groups in total. The van der Waals surface area contributed by atoms with Gasteiger partial charge >= 0.3 is 0 Å². The van der Waals surface area contributed by atoms with Crippen molar-refractivity contribution in [3.8, 4) is 0 Å². The van der Waals surface area contributed by atoms with E-state index in [0.29, 0.717) is 85.8 Å². The molecule has 0 radical (unpaired) electrons. The van der Waals surface area contributed by atoms with Gasteiger partial charge in [0.05, 0.1) is 51.0 Å². The second kappa shape index (κ2) is 29.1. The average Bonchev–Trinajstić information content (AvgIpc) is 3.36. The Hall–Kier alpha value is -1.80. The first-order chi connectivity index (χ1) is 34.5. The summed E-state index contributed by atoms with van der Waals surface area (Å²) in [5.74, 6) is 0.659. The van der Waals surface area contributed by atoms with E-state index in [2.05, 4.69) is 23.8 Å². The predicted molar refractivity (Wildman–Crippen MR) is 258 cm³/mol. The lowest BCUT2D eigenvalue weighted by Gasteiger charge is -2.47. The molecule has 0 aromatic rings. The summed E-state index contributed by atoms with van der Waals surface area (Å²) in [5.41, 5.74) is 1.28. The van der Waals surface area contributed by atoms with Crippen molar-refractivity contribution in [2.24, 2.45) is 11.8 Å². The lowest BCUT2D eigenvalue weighted by molar-refractivity contribution is -0.354. The highest BCUT2D eigenvalue weighted by Crippen LogP contribution is 2.38. The number of allylic oxidation sites excluding steroid dienone is 2. The maximum absolute atomic E-state index is 13.3. The minimum atomic E-state index is -1.53. The maximum Gasteiger partial charge on any atom is 0.225 e. The van der Waals surface area contributed by atoms with Crippen molar-refractivity contribution in [1.82, 2.24) is 15.5 Å². The number of ether oxygens (including phenoxy) is 8. The first kappa shape index (κ1) is 59.4. The normalized spacial score (nSPS) is 39.7. The van der Waals surface area contributed by atoms with Gasteiger partial charge in [-0.2, -0.15) is 23.5 Å². The predicted octanol–water partition coefficient (Wildman–Crippen LogP) is -2.27. The van der Waals surface area contributed by atoms with Crippen LogP contribution in [-0.2, 0) is 47.5 Å². The van der Waals surface area contributed by atoms with E-state index < -0.39 is 136 Å². The number of aliphatic hydroxyl groups excluding tert-OH is 10. The first-order valence-electron chi connectivity index (χ1n) is 25.1. The van der Waals surface area contributed by atoms with Gasteiger partial charge in [0.15, 0.2) is 25.2 Å². The fourth-order valence-corrected chi connectivity index (χ4v) is 11.9. The summed E-state index contributed by atoms with van der Waals surface area (Å²) in [5, 5.41) is 114. The van der Waals surface area contributed by atoms with Crippen LogP contribution in [0.2, 0.25) is 0 Å². The average molecular weight is 1070 g/mol. The van der Waals surface area contributed by atoms with Crippen LogP contribution in [0.15, 0.2) is 24.6 Å². The van der Waals surface area contributed by atoms with Crippen molar-refractivity contribution in [3.05, 3.63) is 24.6 Å². The van der Waals surface area contributed by atoms with E-state index in [4.69, 9.17) is 37.9 Å². The molecule has 1 amide bonds. The molecule has 0 spiro atoms. The van der Waals surface area contributed by atoms with Gasteiger partial charge in [-0.3, -0.25) is 4.79 Å². The molecule has 0 saturated carbocycles. The van der Waals surface area contributed by atoms with Gasteiger partial charge in [0.1, 0.15) is 66.8 Å². The number of nitrogens with zero attached hydrogens (tertiary/aromatic N) is 1. The fourth-order valence-electron chi connectivity index (χ4n) is 9.68. The summed E-state index contributed by atoms with van der Waals surface area (Å²) in [6, 6.07) is 0.